The third-order valence-corrected chi connectivity index (χ3v) is 28.4. The molecule has 0 aliphatic carbocycles. The molecular formula is C74H86N27O35P5. The summed E-state index contributed by atoms with van der Waals surface area (Å²) in [4.78, 5) is 193. The average molecular weight is 2070 g/mol. The van der Waals surface area contributed by atoms with E-state index in [4.69, 9.17) is 112 Å². The molecule has 19 rings (SSSR count). The predicted octanol–water partition coefficient (Wildman–Crippen LogP) is 0.521. The van der Waals surface area contributed by atoms with Crippen molar-refractivity contribution in [1.82, 2.24) is 107 Å². The Morgan fingerprint density at radius 1 is 0.369 bits per heavy atom. The van der Waals surface area contributed by atoms with E-state index in [0.29, 0.717) is 17.9 Å². The molecular weight excluding hydrogens is 1980 g/mol. The van der Waals surface area contributed by atoms with Gasteiger partial charge in [0.2, 0.25) is 23.8 Å². The van der Waals surface area contributed by atoms with Gasteiger partial charge < -0.3 is 96.1 Å². The summed E-state index contributed by atoms with van der Waals surface area (Å²) in [7, 11) is -27.7. The first kappa shape index (κ1) is 97.9. The summed E-state index contributed by atoms with van der Waals surface area (Å²) in [5.74, 6) is -0.900. The number of nitrogens with two attached hydrogens (primary N) is 5. The van der Waals surface area contributed by atoms with Crippen molar-refractivity contribution in [3.05, 3.63) is 178 Å². The number of rotatable bonds is 38. The van der Waals surface area contributed by atoms with E-state index >= 15 is 0 Å². The van der Waals surface area contributed by atoms with Crippen molar-refractivity contribution in [2.75, 3.05) is 68.3 Å². The van der Waals surface area contributed by atoms with Gasteiger partial charge >= 0.3 is 44.8 Å². The van der Waals surface area contributed by atoms with Crippen LogP contribution in [0.5, 0.6) is 5.75 Å². The number of aromatic amines is 5. The Bertz CT molecular complexity index is 7530. The van der Waals surface area contributed by atoms with Crippen LogP contribution in [-0.4, -0.2) is 250 Å². The van der Waals surface area contributed by atoms with E-state index in [9.17, 15) is 81.2 Å². The molecule has 0 saturated carbocycles. The fraction of sp³-hybridized carbons (Fsp3) is 0.446. The summed E-state index contributed by atoms with van der Waals surface area (Å²) in [6.07, 6.45) is -21.4. The Morgan fingerprint density at radius 3 is 1.06 bits per heavy atom. The first-order chi connectivity index (χ1) is 67.2. The molecule has 0 radical (unpaired) electrons. The SMILES string of the molecule is Cc1cn([C@H]2C[C@H](OP(=O)(O)OC[C@H]3O[C@@H](n4cnc5c(=O)[nH]c(N)nc54)C[C@@H]3OP(=O)(O)OC[C@H]3O[C@@H](n4cnc5c(=O)[nH]c(N)nc54)C[C@@H]3OP(=O)(O)OC[C@H]3O[C@@H](n4cnc5c(=O)[nH]c(N)nc54)C[C@@H]3OP(=O)(O)OC[C@H]3O[C@@H](n4cnc5c(N)ncnc54)C[C@@H]3OP(=O)(O)OC[C@H]3O[C@@H](n4cnc5c(=O)[nH]c(N)nc54)C[C@@H]3O)[C@@H](COCc3ccc(OCc4ccccc4)cc3)O2)c(=O)[nH]c1=O. The quantitative estimate of drug-likeness (QED) is 0.0235. The van der Waals surface area contributed by atoms with Crippen LogP contribution < -0.4 is 66.9 Å². The van der Waals surface area contributed by atoms with E-state index in [2.05, 4.69) is 79.7 Å². The number of fused-ring (bicyclic) bond motifs is 5. The maximum Gasteiger partial charge on any atom is 0.472 e. The number of hydrogen-bond donors (Lipinski definition) is 16. The summed E-state index contributed by atoms with van der Waals surface area (Å²) in [5, 5.41) is 11.1. The van der Waals surface area contributed by atoms with E-state index in [0.717, 1.165) is 44.6 Å². The highest BCUT2D eigenvalue weighted by molar-refractivity contribution is 7.48. The molecule has 62 nitrogen and oxygen atoms in total. The van der Waals surface area contributed by atoms with Crippen LogP contribution in [0, 0.1) is 6.92 Å². The van der Waals surface area contributed by atoms with Crippen molar-refractivity contribution in [2.45, 2.75) is 169 Å². The number of hydrogen-bond acceptors (Lipinski definition) is 46. The largest absolute Gasteiger partial charge is 0.489 e. The lowest BCUT2D eigenvalue weighted by molar-refractivity contribution is -0.0711. The first-order valence-electron chi connectivity index (χ1n) is 42.6. The number of H-pyrrole nitrogens is 5. The highest BCUT2D eigenvalue weighted by Gasteiger charge is 2.52. The number of ether oxygens (including phenoxy) is 8. The Hall–Kier alpha value is -11.9. The van der Waals surface area contributed by atoms with Gasteiger partial charge in [-0.1, -0.05) is 42.5 Å². The van der Waals surface area contributed by atoms with Crippen LogP contribution >= 0.6 is 39.1 Å². The molecule has 11 aromatic heterocycles. The van der Waals surface area contributed by atoms with Gasteiger partial charge in [0.15, 0.2) is 56.1 Å². The molecule has 67 heteroatoms. The van der Waals surface area contributed by atoms with Crippen LogP contribution in [0.15, 0.2) is 128 Å². The summed E-state index contributed by atoms with van der Waals surface area (Å²) >= 11 is 0. The maximum atomic E-state index is 14.8. The highest BCUT2D eigenvalue weighted by atomic mass is 31.2. The van der Waals surface area contributed by atoms with Crippen LogP contribution in [0.2, 0.25) is 0 Å². The molecule has 6 aliphatic rings. The number of aliphatic hydroxyl groups is 1. The molecule has 0 spiro atoms. The summed E-state index contributed by atoms with van der Waals surface area (Å²) in [5.41, 5.74) is 25.5. The van der Waals surface area contributed by atoms with Gasteiger partial charge in [0, 0.05) is 50.3 Å². The number of aliphatic hydroxyl groups excluding tert-OH is 1. The molecule has 13 aromatic rings. The zero-order valence-corrected chi connectivity index (χ0v) is 77.2. The van der Waals surface area contributed by atoms with E-state index < -0.39 is 247 Å². The Labute approximate surface area is 785 Å². The van der Waals surface area contributed by atoms with Gasteiger partial charge in [-0.3, -0.25) is 122 Å². The molecule has 0 amide bonds. The number of benzene rings is 2. The molecule has 17 heterocycles. The van der Waals surface area contributed by atoms with E-state index in [1.54, 1.807) is 24.3 Å². The van der Waals surface area contributed by atoms with Crippen molar-refractivity contribution in [1.29, 1.82) is 0 Å². The number of aromatic nitrogens is 22. The van der Waals surface area contributed by atoms with Gasteiger partial charge in [0.05, 0.1) is 84.0 Å². The van der Waals surface area contributed by atoms with Gasteiger partial charge in [-0.2, -0.15) is 19.9 Å². The topological polar surface area (TPSA) is 856 Å². The van der Waals surface area contributed by atoms with Gasteiger partial charge in [-0.25, -0.2) is 62.5 Å². The van der Waals surface area contributed by atoms with E-state index in [1.165, 1.54) is 39.5 Å². The minimum absolute atomic E-state index is 0.00159. The first-order valence-corrected chi connectivity index (χ1v) is 50.1. The normalized spacial score (nSPS) is 27.1. The van der Waals surface area contributed by atoms with Gasteiger partial charge in [0.25, 0.3) is 27.8 Å². The van der Waals surface area contributed by atoms with Gasteiger partial charge in [-0.05, 0) is 30.2 Å². The number of nitrogen functional groups attached to an aromatic ring is 5. The minimum atomic E-state index is -5.70. The number of nitrogens with zero attached hydrogens (tertiary/aromatic N) is 17. The Kier molecular flexibility index (Phi) is 27.4. The third-order valence-electron chi connectivity index (χ3n) is 23.4. The van der Waals surface area contributed by atoms with Crippen molar-refractivity contribution in [2.24, 2.45) is 0 Å². The molecule has 5 unspecified atom stereocenters. The summed E-state index contributed by atoms with van der Waals surface area (Å²) in [6.45, 7) is -3.73. The Balaban J connectivity index is 0.544. The lowest BCUT2D eigenvalue weighted by Crippen LogP contribution is -2.33. The average Bonchev–Trinajstić information content (AvgIpc) is 1.64. The monoisotopic (exact) mass is 2070 g/mol. The van der Waals surface area contributed by atoms with Crippen molar-refractivity contribution in [3.63, 3.8) is 0 Å². The van der Waals surface area contributed by atoms with Gasteiger partial charge in [-0.15, -0.1) is 0 Å². The van der Waals surface area contributed by atoms with Crippen LogP contribution in [0.3, 0.4) is 0 Å². The number of imidazole rings is 5. The highest BCUT2D eigenvalue weighted by Crippen LogP contribution is 2.57. The fourth-order valence-electron chi connectivity index (χ4n) is 16.8. The smallest absolute Gasteiger partial charge is 0.472 e. The van der Waals surface area contributed by atoms with Crippen LogP contribution in [0.4, 0.5) is 29.6 Å². The summed E-state index contributed by atoms with van der Waals surface area (Å²) < 4.78 is 186. The van der Waals surface area contributed by atoms with Crippen molar-refractivity contribution in [3.8, 4) is 5.75 Å². The van der Waals surface area contributed by atoms with Gasteiger partial charge in [0.1, 0.15) is 129 Å². The molecule has 0 bridgehead atoms. The molecule has 752 valence electrons. The second kappa shape index (κ2) is 39.4. The third kappa shape index (κ3) is 21.6. The minimum Gasteiger partial charge on any atom is -0.489 e. The van der Waals surface area contributed by atoms with Crippen molar-refractivity contribution >= 4 is 125 Å². The number of phosphoric ester groups is 5. The Morgan fingerprint density at radius 2 is 0.688 bits per heavy atom. The zero-order valence-electron chi connectivity index (χ0n) is 72.8. The van der Waals surface area contributed by atoms with E-state index in [1.807, 2.05) is 30.3 Å². The molecule has 141 heavy (non-hydrogen) atoms. The maximum absolute atomic E-state index is 14.8. The standard InChI is InChI=1S/C74H86N27O35P5/c1-32-17-96(74(108)95-65(32)103)49-12-37(43(127-49)20-119-18-34-7-9-35(10-8-34)120-19-33-5-3-2-4-6-33)132-138(111,112)122-23-45-39(14-51(129-45)99-29-84-56-62(99)88-71(77)92-67(56)105)135-140(115,116)124-25-47-41(16-53(131-47)101-31-86-58-64(101)90-73(79)94-69(58)107)136-141(117,118)125-24-46-40(15-52(130-46)100-30-85-57-63(100)89-72(78)93-68(57)106)134-139(113,114)123-22-44-38(13-50(128-44)97-27-82-54-59(75)80-26-81-60(54)97)133-137(109,110)121-21-42-36(102)11-48(126-42)98-28-83-55-61(98)87-70(76)91-66(55)104/h2-10,17,26-31,36-53,102H,11-16,18-25H2,1H3,(H,109,110)(H,111,112)(H,113,114)(H,115,116)(H,117,118)(H2,75,80,81)(H,95,103,108)(H3,76,87,91,104)(H3,77,88,92,105)(H3,78,89,93,106)(H3,79,90,94,107)/t36-,37-,38-,39-,40-,41-,42+,43+,44+,45+,46+,47+,48+,49+,50+,51+,52+,53+/m0/s1. The second-order valence-electron chi connectivity index (χ2n) is 32.9. The number of phosphoric acid groups is 5. The lowest BCUT2D eigenvalue weighted by Gasteiger charge is -2.26. The second-order valence-corrected chi connectivity index (χ2v) is 39.9. The summed E-state index contributed by atoms with van der Waals surface area (Å²) in [6, 6.07) is 16.5. The fourth-order valence-corrected chi connectivity index (χ4v) is 21.6. The number of anilines is 5. The van der Waals surface area contributed by atoms with Crippen LogP contribution in [0.1, 0.15) is 92.6 Å². The predicted molar refractivity (Wildman–Crippen MR) is 473 cm³/mol. The van der Waals surface area contributed by atoms with Crippen LogP contribution in [-0.2, 0) is 114 Å². The molecule has 6 aliphatic heterocycles. The van der Waals surface area contributed by atoms with Crippen molar-refractivity contribution < 1.29 is 136 Å². The molecule has 6 saturated heterocycles. The molecule has 6 fully saturated rings. The number of aryl methyl sites for hydroxylation is 1. The van der Waals surface area contributed by atoms with E-state index in [-0.39, 0.29) is 112 Å². The number of nitrogens with one attached hydrogen (secondary N) is 5. The molecule has 23 atom stereocenters. The molecule has 2 aromatic carbocycles. The lowest BCUT2D eigenvalue weighted by atomic mass is 10.2. The zero-order chi connectivity index (χ0) is 99.0. The van der Waals surface area contributed by atoms with Crippen LogP contribution in [0.25, 0.3) is 55.8 Å². The molecule has 21 N–H and O–H groups in total.